The Bertz CT molecular complexity index is 1470. The average molecular weight is 1040 g/mol. The normalized spacial score (nSPS) is 20.1. The van der Waals surface area contributed by atoms with E-state index >= 15 is 0 Å². The topological polar surface area (TPSA) is 212 Å². The number of unbranched alkanes of at least 4 members (excludes halogenated alkanes) is 31. The fraction of sp³-hybridized carbons (Fsp3) is 0.845. The van der Waals surface area contributed by atoms with Crippen LogP contribution in [-0.4, -0.2) is 107 Å². The van der Waals surface area contributed by atoms with Gasteiger partial charge < -0.3 is 40.3 Å². The molecule has 7 N–H and O–H groups in total. The zero-order chi connectivity index (χ0) is 52.8. The third kappa shape index (κ3) is 38.6. The van der Waals surface area contributed by atoms with Crippen molar-refractivity contribution < 1.29 is 57.0 Å². The summed E-state index contributed by atoms with van der Waals surface area (Å²) in [5.74, 6) is -0.719. The van der Waals surface area contributed by atoms with Crippen molar-refractivity contribution in [2.75, 3.05) is 13.2 Å². The fourth-order valence-electron chi connectivity index (χ4n) is 9.08. The predicted octanol–water partition coefficient (Wildman–Crippen LogP) is 12.5. The summed E-state index contributed by atoms with van der Waals surface area (Å²) in [7, 11) is -5.13. The van der Waals surface area contributed by atoms with E-state index < -0.39 is 78.5 Å². The lowest BCUT2D eigenvalue weighted by atomic mass is 9.99. The van der Waals surface area contributed by atoms with Crippen LogP contribution in [0.5, 0.6) is 0 Å². The summed E-state index contributed by atoms with van der Waals surface area (Å²) in [6.45, 7) is 3.23. The summed E-state index contributed by atoms with van der Waals surface area (Å²) >= 11 is 0. The Labute approximate surface area is 439 Å². The van der Waals surface area contributed by atoms with Gasteiger partial charge >= 0.3 is 10.4 Å². The van der Waals surface area contributed by atoms with Gasteiger partial charge in [0.15, 0.2) is 6.29 Å². The van der Waals surface area contributed by atoms with E-state index in [0.717, 1.165) is 70.6 Å². The highest BCUT2D eigenvalue weighted by Crippen LogP contribution is 2.26. The minimum Gasteiger partial charge on any atom is -0.394 e. The number of hydrogen-bond donors (Lipinski definition) is 7. The molecule has 1 rings (SSSR count). The summed E-state index contributed by atoms with van der Waals surface area (Å²) in [5, 5.41) is 55.5. The van der Waals surface area contributed by atoms with Crippen molar-refractivity contribution >= 4 is 16.3 Å². The van der Waals surface area contributed by atoms with Gasteiger partial charge in [-0.25, -0.2) is 4.18 Å². The van der Waals surface area contributed by atoms with Gasteiger partial charge in [-0.15, -0.1) is 0 Å². The van der Waals surface area contributed by atoms with Crippen molar-refractivity contribution in [3.8, 4) is 0 Å². The standard InChI is InChI=1S/C58H107NO12S/c1-3-5-7-9-11-13-15-17-19-21-23-25-27-29-31-33-35-37-39-41-43-45-47-52(62)57(65)59-50(49-69-58-55(64)56(71-72(66,67)68)54(63)53(48-60)70-58)51(61)46-44-42-40-38-36-34-32-30-28-26-24-22-20-18-16-14-12-10-8-6-4-2/h28-31,36,38,44,46,50-56,58,60-64H,3-27,32-35,37,39-43,45,47-49H2,1-2H3,(H,59,65)(H,66,67,68)/b30-28+,31-29-,38-36+,46-44+. The first-order chi connectivity index (χ1) is 34.9. The highest BCUT2D eigenvalue weighted by atomic mass is 32.3. The van der Waals surface area contributed by atoms with Crippen molar-refractivity contribution in [1.29, 1.82) is 0 Å². The minimum atomic E-state index is -5.13. The minimum absolute atomic E-state index is 0.226. The maximum Gasteiger partial charge on any atom is 0.397 e. The first kappa shape index (κ1) is 68.0. The van der Waals surface area contributed by atoms with E-state index in [1.54, 1.807) is 6.08 Å². The summed E-state index contributed by atoms with van der Waals surface area (Å²) in [6.07, 6.45) is 49.1. The Morgan fingerprint density at radius 1 is 0.556 bits per heavy atom. The molecule has 0 aromatic rings. The number of hydrogen-bond acceptors (Lipinski definition) is 11. The van der Waals surface area contributed by atoms with E-state index in [0.29, 0.717) is 12.8 Å². The molecule has 8 unspecified atom stereocenters. The Kier molecular flexibility index (Phi) is 44.9. The van der Waals surface area contributed by atoms with E-state index in [4.69, 9.17) is 9.47 Å². The molecule has 0 saturated carbocycles. The summed E-state index contributed by atoms with van der Waals surface area (Å²) in [5.41, 5.74) is 0. The molecule has 0 aliphatic carbocycles. The van der Waals surface area contributed by atoms with Crippen LogP contribution in [0.25, 0.3) is 0 Å². The molecule has 1 aliphatic rings. The predicted molar refractivity (Wildman–Crippen MR) is 293 cm³/mol. The van der Waals surface area contributed by atoms with E-state index in [-0.39, 0.29) is 6.42 Å². The number of rotatable bonds is 50. The third-order valence-electron chi connectivity index (χ3n) is 13.7. The van der Waals surface area contributed by atoms with Crippen LogP contribution >= 0.6 is 0 Å². The smallest absolute Gasteiger partial charge is 0.394 e. The van der Waals surface area contributed by atoms with E-state index in [1.165, 1.54) is 154 Å². The van der Waals surface area contributed by atoms with Gasteiger partial charge in [0.2, 0.25) is 5.91 Å². The van der Waals surface area contributed by atoms with Gasteiger partial charge in [-0.1, -0.05) is 229 Å². The summed E-state index contributed by atoms with van der Waals surface area (Å²) in [4.78, 5) is 13.2. The van der Waals surface area contributed by atoms with Crippen molar-refractivity contribution in [1.82, 2.24) is 5.32 Å². The van der Waals surface area contributed by atoms with Gasteiger partial charge in [0.1, 0.15) is 30.5 Å². The van der Waals surface area contributed by atoms with Crippen LogP contribution in [0.15, 0.2) is 48.6 Å². The highest BCUT2D eigenvalue weighted by Gasteiger charge is 2.48. The molecule has 8 atom stereocenters. The molecule has 1 heterocycles. The fourth-order valence-corrected chi connectivity index (χ4v) is 9.59. The highest BCUT2D eigenvalue weighted by molar-refractivity contribution is 7.80. The Morgan fingerprint density at radius 3 is 1.33 bits per heavy atom. The molecule has 13 nitrogen and oxygen atoms in total. The van der Waals surface area contributed by atoms with Gasteiger partial charge in [0, 0.05) is 0 Å². The van der Waals surface area contributed by atoms with E-state index in [1.807, 2.05) is 0 Å². The zero-order valence-corrected chi connectivity index (χ0v) is 46.2. The molecule has 0 spiro atoms. The Balaban J connectivity index is 2.48. The number of aliphatic hydroxyl groups is 5. The van der Waals surface area contributed by atoms with Crippen LogP contribution in [0.4, 0.5) is 0 Å². The average Bonchev–Trinajstić information content (AvgIpc) is 3.36. The van der Waals surface area contributed by atoms with Crippen LogP contribution in [-0.2, 0) is 28.9 Å². The second-order valence-corrected chi connectivity index (χ2v) is 21.4. The van der Waals surface area contributed by atoms with Crippen LogP contribution < -0.4 is 5.32 Å². The molecule has 1 fully saturated rings. The maximum atomic E-state index is 13.2. The molecule has 14 heteroatoms. The number of carbonyl (C=O) groups excluding carboxylic acids is 1. The molecule has 422 valence electrons. The van der Waals surface area contributed by atoms with Crippen molar-refractivity contribution in [2.24, 2.45) is 0 Å². The van der Waals surface area contributed by atoms with Gasteiger partial charge in [0.05, 0.1) is 25.4 Å². The van der Waals surface area contributed by atoms with Gasteiger partial charge in [-0.3, -0.25) is 9.35 Å². The number of carbonyl (C=O) groups is 1. The molecule has 0 aromatic carbocycles. The van der Waals surface area contributed by atoms with Gasteiger partial charge in [-0.05, 0) is 70.6 Å². The lowest BCUT2D eigenvalue weighted by Crippen LogP contribution is -2.61. The molecule has 0 radical (unpaired) electrons. The number of amides is 1. The van der Waals surface area contributed by atoms with E-state index in [2.05, 4.69) is 59.8 Å². The molecule has 72 heavy (non-hydrogen) atoms. The van der Waals surface area contributed by atoms with Crippen molar-refractivity contribution in [2.45, 2.75) is 300 Å². The lowest BCUT2D eigenvalue weighted by Gasteiger charge is -2.41. The zero-order valence-electron chi connectivity index (χ0n) is 45.4. The maximum absolute atomic E-state index is 13.2. The number of nitrogens with one attached hydrogen (secondary N) is 1. The molecule has 0 bridgehead atoms. The van der Waals surface area contributed by atoms with Gasteiger partial charge in [0.25, 0.3) is 0 Å². The molecule has 1 saturated heterocycles. The number of ether oxygens (including phenoxy) is 2. The largest absolute Gasteiger partial charge is 0.397 e. The lowest BCUT2D eigenvalue weighted by molar-refractivity contribution is -0.298. The third-order valence-corrected chi connectivity index (χ3v) is 14.1. The molecule has 0 aromatic heterocycles. The van der Waals surface area contributed by atoms with Gasteiger partial charge in [-0.2, -0.15) is 8.42 Å². The molecular formula is C58H107NO12S. The Morgan fingerprint density at radius 2 is 0.931 bits per heavy atom. The summed E-state index contributed by atoms with van der Waals surface area (Å²) < 4.78 is 47.7. The second kappa shape index (κ2) is 47.5. The number of allylic oxidation sites excluding steroid dienone is 7. The quantitative estimate of drug-likeness (QED) is 0.0172. The van der Waals surface area contributed by atoms with Crippen LogP contribution in [0.3, 0.4) is 0 Å². The van der Waals surface area contributed by atoms with Crippen LogP contribution in [0.1, 0.15) is 251 Å². The van der Waals surface area contributed by atoms with Crippen LogP contribution in [0, 0.1) is 0 Å². The van der Waals surface area contributed by atoms with Crippen molar-refractivity contribution in [3.05, 3.63) is 48.6 Å². The van der Waals surface area contributed by atoms with Crippen LogP contribution in [0.2, 0.25) is 0 Å². The molecule has 1 amide bonds. The SMILES string of the molecule is CCCCCCCCCCCCC/C=C/CC/C=C/CC/C=C/C(O)C(COC1OC(CO)C(O)C(OS(=O)(=O)O)C1O)NC(=O)C(O)CCCCCCCC/C=C\CCCCCCCCCCCCCC. The molecular weight excluding hydrogens is 935 g/mol. The monoisotopic (exact) mass is 1040 g/mol. The second-order valence-electron chi connectivity index (χ2n) is 20.3. The first-order valence-electron chi connectivity index (χ1n) is 29.1. The Hall–Kier alpha value is -1.98. The first-order valence-corrected chi connectivity index (χ1v) is 30.5. The van der Waals surface area contributed by atoms with Crippen molar-refractivity contribution in [3.63, 3.8) is 0 Å². The summed E-state index contributed by atoms with van der Waals surface area (Å²) in [6, 6.07) is -1.15. The molecule has 1 aliphatic heterocycles. The van der Waals surface area contributed by atoms with E-state index in [9.17, 15) is 43.3 Å². The number of aliphatic hydroxyl groups excluding tert-OH is 5.